The highest BCUT2D eigenvalue weighted by atomic mass is 127. The summed E-state index contributed by atoms with van der Waals surface area (Å²) >= 11 is 2.09. The maximum Gasteiger partial charge on any atom is 0.288 e. The largest absolute Gasteiger partial charge is 0.322 e. The summed E-state index contributed by atoms with van der Waals surface area (Å²) in [5, 5.41) is 13.7. The summed E-state index contributed by atoms with van der Waals surface area (Å²) in [6, 6.07) is 10.3. The highest BCUT2D eigenvalue weighted by Gasteiger charge is 2.24. The van der Waals surface area contributed by atoms with E-state index in [1.807, 2.05) is 6.07 Å². The molecular weight excluding hydrogens is 435 g/mol. The number of carbonyl (C=O) groups excluding carboxylic acids is 1. The molecule has 0 aliphatic carbocycles. The van der Waals surface area contributed by atoms with Gasteiger partial charge >= 0.3 is 0 Å². The molecule has 1 N–H and O–H groups in total. The Balaban J connectivity index is 2.39. The molecule has 2 aromatic rings. The van der Waals surface area contributed by atoms with Gasteiger partial charge in [-0.3, -0.25) is 14.9 Å². The van der Waals surface area contributed by atoms with Crippen molar-refractivity contribution in [3.05, 3.63) is 61.7 Å². The van der Waals surface area contributed by atoms with Crippen molar-refractivity contribution < 1.29 is 18.1 Å². The Morgan fingerprint density at radius 2 is 1.91 bits per heavy atom. The molecule has 0 radical (unpaired) electrons. The summed E-state index contributed by atoms with van der Waals surface area (Å²) in [6.45, 7) is 0. The van der Waals surface area contributed by atoms with Crippen LogP contribution in [0.4, 0.5) is 11.4 Å². The summed E-state index contributed by atoms with van der Waals surface area (Å²) in [7, 11) is -3.76. The molecule has 120 valence electrons. The predicted octanol–water partition coefficient (Wildman–Crippen LogP) is 2.86. The van der Waals surface area contributed by atoms with Crippen LogP contribution in [0.2, 0.25) is 0 Å². The molecule has 0 fully saturated rings. The van der Waals surface area contributed by atoms with E-state index in [1.54, 1.807) is 18.2 Å². The minimum atomic E-state index is -3.76. The van der Waals surface area contributed by atoms with E-state index >= 15 is 0 Å². The van der Waals surface area contributed by atoms with Crippen LogP contribution in [0.5, 0.6) is 0 Å². The third-order valence-corrected chi connectivity index (χ3v) is 4.71. The Morgan fingerprint density at radius 1 is 1.22 bits per heavy atom. The summed E-state index contributed by atoms with van der Waals surface area (Å²) < 4.78 is 24.0. The van der Waals surface area contributed by atoms with Crippen molar-refractivity contribution in [1.82, 2.24) is 0 Å². The quantitative estimate of drug-likeness (QED) is 0.442. The van der Waals surface area contributed by atoms with Crippen LogP contribution in [-0.4, -0.2) is 25.5 Å². The minimum Gasteiger partial charge on any atom is -0.322 e. The van der Waals surface area contributed by atoms with Crippen LogP contribution in [0.3, 0.4) is 0 Å². The SMILES string of the molecule is CS(=O)(=O)c1ccc(C(=O)Nc2cccc(I)c2)cc1[N+](=O)[O-]. The van der Waals surface area contributed by atoms with Gasteiger partial charge < -0.3 is 5.32 Å². The van der Waals surface area contributed by atoms with Crippen LogP contribution < -0.4 is 5.32 Å². The molecule has 0 saturated heterocycles. The monoisotopic (exact) mass is 446 g/mol. The minimum absolute atomic E-state index is 0.00274. The first-order valence-corrected chi connectivity index (χ1v) is 9.21. The van der Waals surface area contributed by atoms with E-state index in [2.05, 4.69) is 27.9 Å². The van der Waals surface area contributed by atoms with E-state index in [9.17, 15) is 23.3 Å². The molecule has 0 heterocycles. The van der Waals surface area contributed by atoms with Gasteiger partial charge in [-0.2, -0.15) is 0 Å². The molecule has 0 atom stereocenters. The zero-order chi connectivity index (χ0) is 17.2. The van der Waals surface area contributed by atoms with E-state index in [4.69, 9.17) is 0 Å². The molecule has 1 amide bonds. The highest BCUT2D eigenvalue weighted by Crippen LogP contribution is 2.25. The Kier molecular flexibility index (Phi) is 5.00. The lowest BCUT2D eigenvalue weighted by Gasteiger charge is -2.07. The van der Waals surface area contributed by atoms with Crippen LogP contribution in [0.1, 0.15) is 10.4 Å². The second-order valence-electron chi connectivity index (χ2n) is 4.68. The van der Waals surface area contributed by atoms with Crippen LogP contribution in [0, 0.1) is 13.7 Å². The number of hydrogen-bond donors (Lipinski definition) is 1. The fourth-order valence-corrected chi connectivity index (χ4v) is 3.26. The number of anilines is 1. The van der Waals surface area contributed by atoms with Gasteiger partial charge in [-0.25, -0.2) is 8.42 Å². The average molecular weight is 446 g/mol. The van der Waals surface area contributed by atoms with Gasteiger partial charge in [0.15, 0.2) is 9.84 Å². The van der Waals surface area contributed by atoms with Crippen molar-refractivity contribution in [3.63, 3.8) is 0 Å². The molecule has 2 aromatic carbocycles. The van der Waals surface area contributed by atoms with Gasteiger partial charge in [0.25, 0.3) is 11.6 Å². The van der Waals surface area contributed by atoms with Crippen molar-refractivity contribution >= 4 is 49.7 Å². The maximum atomic E-state index is 12.2. The van der Waals surface area contributed by atoms with E-state index in [1.165, 1.54) is 6.07 Å². The Morgan fingerprint density at radius 3 is 2.48 bits per heavy atom. The van der Waals surface area contributed by atoms with Crippen molar-refractivity contribution in [1.29, 1.82) is 0 Å². The zero-order valence-electron chi connectivity index (χ0n) is 11.8. The molecule has 0 aromatic heterocycles. The van der Waals surface area contributed by atoms with E-state index in [0.717, 1.165) is 22.0 Å². The highest BCUT2D eigenvalue weighted by molar-refractivity contribution is 14.1. The van der Waals surface area contributed by atoms with Crippen molar-refractivity contribution in [2.45, 2.75) is 4.90 Å². The molecule has 23 heavy (non-hydrogen) atoms. The van der Waals surface area contributed by atoms with Crippen LogP contribution >= 0.6 is 22.6 Å². The van der Waals surface area contributed by atoms with Gasteiger partial charge in [0, 0.05) is 27.1 Å². The van der Waals surface area contributed by atoms with Crippen molar-refractivity contribution in [2.75, 3.05) is 11.6 Å². The first-order chi connectivity index (χ1) is 10.7. The van der Waals surface area contributed by atoms with Gasteiger partial charge in [-0.05, 0) is 52.9 Å². The number of amides is 1. The first-order valence-electron chi connectivity index (χ1n) is 6.24. The topological polar surface area (TPSA) is 106 Å². The number of nitro groups is 1. The number of nitrogens with zero attached hydrogens (tertiary/aromatic N) is 1. The number of rotatable bonds is 4. The lowest BCUT2D eigenvalue weighted by atomic mass is 10.2. The first kappa shape index (κ1) is 17.3. The molecule has 9 heteroatoms. The smallest absolute Gasteiger partial charge is 0.288 e. The molecule has 7 nitrogen and oxygen atoms in total. The van der Waals surface area contributed by atoms with Crippen LogP contribution in [-0.2, 0) is 9.84 Å². The fourth-order valence-electron chi connectivity index (χ4n) is 1.88. The number of nitro benzene ring substituents is 1. The molecule has 0 saturated carbocycles. The Bertz CT molecular complexity index is 896. The standard InChI is InChI=1S/C14H11IN2O5S/c1-23(21,22)13-6-5-9(7-12(13)17(19)20)14(18)16-11-4-2-3-10(15)8-11/h2-8H,1H3,(H,16,18). The summed E-state index contributed by atoms with van der Waals surface area (Å²) in [6.07, 6.45) is 0.876. The number of halogens is 1. The molecule has 0 bridgehead atoms. The molecule has 0 aliphatic heterocycles. The normalized spacial score (nSPS) is 11.0. The molecule has 0 spiro atoms. The number of benzene rings is 2. The van der Waals surface area contributed by atoms with Crippen molar-refractivity contribution in [2.24, 2.45) is 0 Å². The van der Waals surface area contributed by atoms with Gasteiger partial charge in [-0.1, -0.05) is 6.07 Å². The van der Waals surface area contributed by atoms with Crippen molar-refractivity contribution in [3.8, 4) is 0 Å². The average Bonchev–Trinajstić information content (AvgIpc) is 2.45. The van der Waals surface area contributed by atoms with Gasteiger partial charge in [0.2, 0.25) is 0 Å². The fraction of sp³-hybridized carbons (Fsp3) is 0.0714. The summed E-state index contributed by atoms with van der Waals surface area (Å²) in [5.74, 6) is -0.560. The Labute approximate surface area is 145 Å². The zero-order valence-corrected chi connectivity index (χ0v) is 14.8. The number of sulfone groups is 1. The number of hydrogen-bond acceptors (Lipinski definition) is 5. The third kappa shape index (κ3) is 4.26. The molecule has 2 rings (SSSR count). The Hall–Kier alpha value is -2.01. The van der Waals surface area contributed by atoms with Crippen LogP contribution in [0.15, 0.2) is 47.4 Å². The second kappa shape index (κ2) is 6.62. The lowest BCUT2D eigenvalue weighted by molar-refractivity contribution is -0.387. The summed E-state index contributed by atoms with van der Waals surface area (Å²) in [5.41, 5.74) is -0.0810. The molecular formula is C14H11IN2O5S. The van der Waals surface area contributed by atoms with Gasteiger partial charge in [-0.15, -0.1) is 0 Å². The van der Waals surface area contributed by atoms with E-state index in [-0.39, 0.29) is 5.56 Å². The maximum absolute atomic E-state index is 12.2. The number of nitrogens with one attached hydrogen (secondary N) is 1. The summed E-state index contributed by atoms with van der Waals surface area (Å²) in [4.78, 5) is 22.0. The van der Waals surface area contributed by atoms with Gasteiger partial charge in [0.05, 0.1) is 4.92 Å². The molecule has 0 aliphatic rings. The van der Waals surface area contributed by atoms with E-state index in [0.29, 0.717) is 5.69 Å². The predicted molar refractivity (Wildman–Crippen MR) is 93.3 cm³/mol. The van der Waals surface area contributed by atoms with E-state index < -0.39 is 31.3 Å². The number of carbonyl (C=O) groups is 1. The van der Waals surface area contributed by atoms with Gasteiger partial charge in [0.1, 0.15) is 4.90 Å². The lowest BCUT2D eigenvalue weighted by Crippen LogP contribution is -2.13. The molecule has 0 unspecified atom stereocenters. The second-order valence-corrected chi connectivity index (χ2v) is 7.91. The van der Waals surface area contributed by atoms with Crippen LogP contribution in [0.25, 0.3) is 0 Å². The third-order valence-electron chi connectivity index (χ3n) is 2.90.